The van der Waals surface area contributed by atoms with Crippen molar-refractivity contribution in [2.45, 2.75) is 0 Å². The number of hydrogen-bond donors (Lipinski definition) is 0. The van der Waals surface area contributed by atoms with E-state index in [-0.39, 0.29) is 0 Å². The highest BCUT2D eigenvalue weighted by Crippen LogP contribution is 2.49. The zero-order valence-electron chi connectivity index (χ0n) is 10.8. The number of carbonyl (C=O) groups excluding carboxylic acids is 2. The molecule has 0 spiro atoms. The Hall–Kier alpha value is -2.94. The van der Waals surface area contributed by atoms with Crippen molar-refractivity contribution in [3.8, 4) is 22.3 Å². The summed E-state index contributed by atoms with van der Waals surface area (Å²) in [5.41, 5.74) is 5.11. The van der Waals surface area contributed by atoms with Crippen molar-refractivity contribution < 1.29 is 14.3 Å². The van der Waals surface area contributed by atoms with Crippen LogP contribution in [0, 0.1) is 0 Å². The molecule has 0 radical (unpaired) electrons. The molecule has 0 amide bonds. The Labute approximate surface area is 119 Å². The molecule has 0 atom stereocenters. The number of fused-ring (bicyclic) bond motifs is 5. The molecule has 0 bridgehead atoms. The van der Waals surface area contributed by atoms with E-state index in [1.54, 1.807) is 6.07 Å². The van der Waals surface area contributed by atoms with E-state index < -0.39 is 11.9 Å². The smallest absolute Gasteiger partial charge is 0.347 e. The monoisotopic (exact) mass is 272 g/mol. The molecule has 0 N–H and O–H groups in total. The molecular formula is C18H8O3. The Morgan fingerprint density at radius 2 is 1.38 bits per heavy atom. The van der Waals surface area contributed by atoms with Gasteiger partial charge in [0.2, 0.25) is 0 Å². The van der Waals surface area contributed by atoms with Gasteiger partial charge >= 0.3 is 11.9 Å². The van der Waals surface area contributed by atoms with Crippen LogP contribution in [0.4, 0.5) is 0 Å². The minimum Gasteiger partial charge on any atom is -0.386 e. The summed E-state index contributed by atoms with van der Waals surface area (Å²) in [6.07, 6.45) is 0. The number of rotatable bonds is 0. The van der Waals surface area contributed by atoms with E-state index in [0.29, 0.717) is 11.1 Å². The largest absolute Gasteiger partial charge is 0.386 e. The van der Waals surface area contributed by atoms with Crippen LogP contribution in [-0.4, -0.2) is 11.9 Å². The van der Waals surface area contributed by atoms with Crippen LogP contribution in [0.1, 0.15) is 20.7 Å². The number of esters is 2. The van der Waals surface area contributed by atoms with E-state index in [9.17, 15) is 9.59 Å². The van der Waals surface area contributed by atoms with Gasteiger partial charge in [0.1, 0.15) is 0 Å². The lowest BCUT2D eigenvalue weighted by atomic mass is 9.95. The van der Waals surface area contributed by atoms with Crippen LogP contribution in [0.15, 0.2) is 48.5 Å². The van der Waals surface area contributed by atoms with Crippen molar-refractivity contribution >= 4 is 22.7 Å². The number of carbonyl (C=O) groups is 2. The molecule has 0 aromatic heterocycles. The Morgan fingerprint density at radius 1 is 0.667 bits per heavy atom. The quantitative estimate of drug-likeness (QED) is 0.361. The van der Waals surface area contributed by atoms with Gasteiger partial charge < -0.3 is 4.74 Å². The molecule has 0 saturated heterocycles. The average molecular weight is 272 g/mol. The van der Waals surface area contributed by atoms with Crippen molar-refractivity contribution in [2.75, 3.05) is 0 Å². The van der Waals surface area contributed by atoms with E-state index in [2.05, 4.69) is 6.07 Å². The van der Waals surface area contributed by atoms with Crippen LogP contribution in [-0.2, 0) is 4.74 Å². The van der Waals surface area contributed by atoms with Crippen molar-refractivity contribution in [3.05, 3.63) is 59.7 Å². The highest BCUT2D eigenvalue weighted by Gasteiger charge is 2.35. The summed E-state index contributed by atoms with van der Waals surface area (Å²) in [5.74, 6) is -1.10. The van der Waals surface area contributed by atoms with Crippen LogP contribution in [0.3, 0.4) is 0 Å². The Bertz CT molecular complexity index is 999. The maximum atomic E-state index is 12.0. The summed E-state index contributed by atoms with van der Waals surface area (Å²) >= 11 is 0. The molecule has 1 aliphatic heterocycles. The summed E-state index contributed by atoms with van der Waals surface area (Å²) < 4.78 is 4.77. The van der Waals surface area contributed by atoms with Crippen LogP contribution < -0.4 is 0 Å². The second-order valence-corrected chi connectivity index (χ2v) is 5.30. The van der Waals surface area contributed by atoms with Crippen molar-refractivity contribution in [2.24, 2.45) is 0 Å². The topological polar surface area (TPSA) is 43.4 Å². The van der Waals surface area contributed by atoms with Gasteiger partial charge in [-0.3, -0.25) is 0 Å². The van der Waals surface area contributed by atoms with Gasteiger partial charge in [-0.2, -0.15) is 0 Å². The first-order valence-electron chi connectivity index (χ1n) is 6.72. The van der Waals surface area contributed by atoms with Gasteiger partial charge in [0.05, 0.1) is 11.1 Å². The maximum Gasteiger partial charge on any atom is 0.347 e. The summed E-state index contributed by atoms with van der Waals surface area (Å²) in [7, 11) is 0. The lowest BCUT2D eigenvalue weighted by molar-refractivity contribution is 0.0444. The molecule has 3 nitrogen and oxygen atoms in total. The summed E-state index contributed by atoms with van der Waals surface area (Å²) in [4.78, 5) is 23.8. The molecule has 21 heavy (non-hydrogen) atoms. The van der Waals surface area contributed by atoms with E-state index in [1.165, 1.54) is 0 Å². The molecular weight excluding hydrogens is 264 g/mol. The number of ether oxygens (including phenoxy) is 1. The molecule has 5 rings (SSSR count). The van der Waals surface area contributed by atoms with Gasteiger partial charge in [-0.05, 0) is 39.1 Å². The minimum absolute atomic E-state index is 0.372. The normalized spacial score (nSPS) is 14.3. The average Bonchev–Trinajstić information content (AvgIpc) is 2.98. The van der Waals surface area contributed by atoms with E-state index >= 15 is 0 Å². The number of benzene rings is 3. The predicted molar refractivity (Wildman–Crippen MR) is 78.1 cm³/mol. The standard InChI is InChI=1S/C18H8O3/c19-17-14-8-13-10-5-2-1-4-9(10)11-6-3-7-12(15(11)13)16(14)18(20)21-17/h1-8H. The van der Waals surface area contributed by atoms with E-state index in [0.717, 1.165) is 33.0 Å². The highest BCUT2D eigenvalue weighted by atomic mass is 16.6. The summed E-state index contributed by atoms with van der Waals surface area (Å²) in [6, 6.07) is 15.7. The zero-order valence-corrected chi connectivity index (χ0v) is 10.8. The zero-order chi connectivity index (χ0) is 14.1. The van der Waals surface area contributed by atoms with Crippen LogP contribution in [0.5, 0.6) is 0 Å². The highest BCUT2D eigenvalue weighted by molar-refractivity contribution is 6.27. The van der Waals surface area contributed by atoms with Gasteiger partial charge in [0, 0.05) is 0 Å². The first kappa shape index (κ1) is 10.8. The second-order valence-electron chi connectivity index (χ2n) is 5.30. The fourth-order valence-corrected chi connectivity index (χ4v) is 3.45. The molecule has 0 unspecified atom stereocenters. The summed E-state index contributed by atoms with van der Waals surface area (Å²) in [6.45, 7) is 0. The lowest BCUT2D eigenvalue weighted by Gasteiger charge is -2.05. The third-order valence-corrected chi connectivity index (χ3v) is 4.28. The van der Waals surface area contributed by atoms with E-state index in [4.69, 9.17) is 4.74 Å². The molecule has 1 heterocycles. The Balaban J connectivity index is 2.06. The van der Waals surface area contributed by atoms with Crippen LogP contribution in [0.2, 0.25) is 0 Å². The first-order valence-corrected chi connectivity index (χ1v) is 6.72. The SMILES string of the molecule is O=C1OC(=O)c2c1cc1c3c(cccc23)-c2ccccc2-1. The van der Waals surface area contributed by atoms with Crippen molar-refractivity contribution in [3.63, 3.8) is 0 Å². The summed E-state index contributed by atoms with van der Waals surface area (Å²) in [5, 5.41) is 1.83. The van der Waals surface area contributed by atoms with Gasteiger partial charge in [-0.1, -0.05) is 42.5 Å². The molecule has 2 aliphatic rings. The van der Waals surface area contributed by atoms with Gasteiger partial charge in [0.25, 0.3) is 0 Å². The van der Waals surface area contributed by atoms with E-state index in [1.807, 2.05) is 36.4 Å². The Morgan fingerprint density at radius 3 is 2.19 bits per heavy atom. The van der Waals surface area contributed by atoms with Crippen LogP contribution >= 0.6 is 0 Å². The third kappa shape index (κ3) is 1.15. The molecule has 0 fully saturated rings. The molecule has 3 aromatic rings. The van der Waals surface area contributed by atoms with Crippen molar-refractivity contribution in [1.29, 1.82) is 0 Å². The molecule has 98 valence electrons. The fourth-order valence-electron chi connectivity index (χ4n) is 3.45. The Kier molecular flexibility index (Phi) is 1.74. The molecule has 0 saturated carbocycles. The van der Waals surface area contributed by atoms with Gasteiger partial charge in [-0.25, -0.2) is 9.59 Å². The molecule has 3 heteroatoms. The number of hydrogen-bond acceptors (Lipinski definition) is 3. The fraction of sp³-hybridized carbons (Fsp3) is 0. The molecule has 1 aliphatic carbocycles. The van der Waals surface area contributed by atoms with Crippen LogP contribution in [0.25, 0.3) is 33.0 Å². The number of cyclic esters (lactones) is 2. The van der Waals surface area contributed by atoms with Crippen molar-refractivity contribution in [1.82, 2.24) is 0 Å². The van der Waals surface area contributed by atoms with Gasteiger partial charge in [0.15, 0.2) is 0 Å². The first-order chi connectivity index (χ1) is 10.3. The lowest BCUT2D eigenvalue weighted by Crippen LogP contribution is -1.97. The maximum absolute atomic E-state index is 12.0. The minimum atomic E-state index is -0.553. The third-order valence-electron chi connectivity index (χ3n) is 4.28. The molecule has 3 aromatic carbocycles. The second kappa shape index (κ2) is 3.38. The van der Waals surface area contributed by atoms with Gasteiger partial charge in [-0.15, -0.1) is 0 Å². The predicted octanol–water partition coefficient (Wildman–Crippen LogP) is 3.80.